The van der Waals surface area contributed by atoms with Gasteiger partial charge in [-0.15, -0.1) is 0 Å². The van der Waals surface area contributed by atoms with Gasteiger partial charge in [-0.05, 0) is 57.6 Å². The van der Waals surface area contributed by atoms with Crippen LogP contribution >= 0.6 is 0 Å². The van der Waals surface area contributed by atoms with Crippen LogP contribution in [0.3, 0.4) is 0 Å². The Morgan fingerprint density at radius 3 is 2.58 bits per heavy atom. The number of aliphatic imine (C=N–C) groups is 1. The van der Waals surface area contributed by atoms with Crippen molar-refractivity contribution in [3.63, 3.8) is 0 Å². The fourth-order valence-corrected chi connectivity index (χ4v) is 2.52. The van der Waals surface area contributed by atoms with E-state index in [0.29, 0.717) is 5.96 Å². The van der Waals surface area contributed by atoms with E-state index >= 15 is 0 Å². The molecule has 6 heteroatoms. The van der Waals surface area contributed by atoms with Crippen molar-refractivity contribution in [2.75, 3.05) is 26.7 Å². The molecule has 1 atom stereocenters. The van der Waals surface area contributed by atoms with Gasteiger partial charge in [0.25, 0.3) is 0 Å². The van der Waals surface area contributed by atoms with E-state index in [4.69, 9.17) is 0 Å². The Hall–Kier alpha value is -1.69. The molecule has 1 rings (SSSR count). The second kappa shape index (κ2) is 11.0. The van der Waals surface area contributed by atoms with Crippen molar-refractivity contribution < 1.29 is 8.78 Å². The third-order valence-corrected chi connectivity index (χ3v) is 4.07. The molecular weight excluding hydrogens is 310 g/mol. The number of nitrogens with one attached hydrogen (secondary N) is 2. The minimum Gasteiger partial charge on any atom is -0.354 e. The Bertz CT molecular complexity index is 516. The predicted octanol–water partition coefficient (Wildman–Crippen LogP) is 3.14. The molecule has 0 spiro atoms. The minimum atomic E-state index is -0.444. The first kappa shape index (κ1) is 20.4. The van der Waals surface area contributed by atoms with Gasteiger partial charge >= 0.3 is 0 Å². The largest absolute Gasteiger partial charge is 0.354 e. The number of rotatable bonds is 9. The lowest BCUT2D eigenvalue weighted by Crippen LogP contribution is -2.42. The van der Waals surface area contributed by atoms with Gasteiger partial charge in [-0.2, -0.15) is 0 Å². The summed E-state index contributed by atoms with van der Waals surface area (Å²) >= 11 is 0. The molecule has 0 bridgehead atoms. The molecule has 2 N–H and O–H groups in total. The van der Waals surface area contributed by atoms with E-state index in [1.54, 1.807) is 7.05 Å². The zero-order valence-electron chi connectivity index (χ0n) is 15.2. The molecule has 1 unspecified atom stereocenters. The maximum atomic E-state index is 13.6. The molecule has 0 fully saturated rings. The van der Waals surface area contributed by atoms with E-state index in [2.05, 4.69) is 41.3 Å². The molecular formula is C18H30F2N4. The lowest BCUT2D eigenvalue weighted by atomic mass is 10.1. The smallest absolute Gasteiger partial charge is 0.191 e. The number of hydrogen-bond acceptors (Lipinski definition) is 2. The molecule has 0 amide bonds. The van der Waals surface area contributed by atoms with Crippen LogP contribution in [0.2, 0.25) is 0 Å². The predicted molar refractivity (Wildman–Crippen MR) is 96.2 cm³/mol. The van der Waals surface area contributed by atoms with Gasteiger partial charge in [-0.3, -0.25) is 4.99 Å². The second-order valence-electron chi connectivity index (χ2n) is 5.88. The normalized spacial score (nSPS) is 13.2. The molecule has 0 aliphatic carbocycles. The summed E-state index contributed by atoms with van der Waals surface area (Å²) in [6.45, 7) is 9.85. The van der Waals surface area contributed by atoms with Crippen LogP contribution in [0.1, 0.15) is 39.2 Å². The third kappa shape index (κ3) is 7.25. The summed E-state index contributed by atoms with van der Waals surface area (Å²) in [4.78, 5) is 6.53. The number of hydrogen-bond donors (Lipinski definition) is 2. The molecule has 0 aliphatic heterocycles. The lowest BCUT2D eigenvalue weighted by Gasteiger charge is -2.21. The first-order valence-electron chi connectivity index (χ1n) is 8.63. The maximum absolute atomic E-state index is 13.6. The topological polar surface area (TPSA) is 39.7 Å². The van der Waals surface area contributed by atoms with Gasteiger partial charge in [0.1, 0.15) is 11.6 Å². The summed E-state index contributed by atoms with van der Waals surface area (Å²) in [6, 6.07) is 3.70. The summed E-state index contributed by atoms with van der Waals surface area (Å²) in [7, 11) is 1.67. The summed E-state index contributed by atoms with van der Waals surface area (Å²) < 4.78 is 26.8. The standard InChI is InChI=1S/C18H30F2N4/c1-5-24(6-2)11-7-8-14(3)23-18(21-4)22-13-15-12-16(19)9-10-17(15)20/h9-10,12,14H,5-8,11,13H2,1-4H3,(H2,21,22,23). The fraction of sp³-hybridized carbons (Fsp3) is 0.611. The highest BCUT2D eigenvalue weighted by molar-refractivity contribution is 5.79. The number of benzene rings is 1. The van der Waals surface area contributed by atoms with Gasteiger partial charge in [0, 0.05) is 25.2 Å². The molecule has 1 aromatic carbocycles. The van der Waals surface area contributed by atoms with Gasteiger partial charge in [0.15, 0.2) is 5.96 Å². The Morgan fingerprint density at radius 2 is 1.96 bits per heavy atom. The van der Waals surface area contributed by atoms with Gasteiger partial charge in [0.05, 0.1) is 0 Å². The molecule has 0 saturated heterocycles. The molecule has 4 nitrogen and oxygen atoms in total. The van der Waals surface area contributed by atoms with Crippen molar-refractivity contribution >= 4 is 5.96 Å². The van der Waals surface area contributed by atoms with E-state index in [9.17, 15) is 8.78 Å². The first-order chi connectivity index (χ1) is 11.5. The van der Waals surface area contributed by atoms with Gasteiger partial charge in [-0.1, -0.05) is 13.8 Å². The highest BCUT2D eigenvalue weighted by atomic mass is 19.1. The Morgan fingerprint density at radius 1 is 1.25 bits per heavy atom. The molecule has 136 valence electrons. The first-order valence-corrected chi connectivity index (χ1v) is 8.63. The van der Waals surface area contributed by atoms with Crippen LogP contribution in [0.15, 0.2) is 23.2 Å². The minimum absolute atomic E-state index is 0.190. The SMILES string of the molecule is CCN(CC)CCCC(C)NC(=NC)NCc1cc(F)ccc1F. The van der Waals surface area contributed by atoms with Crippen molar-refractivity contribution in [2.24, 2.45) is 4.99 Å². The second-order valence-corrected chi connectivity index (χ2v) is 5.88. The number of guanidine groups is 1. The van der Waals surface area contributed by atoms with E-state index < -0.39 is 11.6 Å². The van der Waals surface area contributed by atoms with Crippen LogP contribution in [-0.4, -0.2) is 43.6 Å². The average Bonchev–Trinajstić information content (AvgIpc) is 2.58. The summed E-state index contributed by atoms with van der Waals surface area (Å²) in [5.74, 6) is -0.276. The summed E-state index contributed by atoms with van der Waals surface area (Å²) in [5.41, 5.74) is 0.284. The quantitative estimate of drug-likeness (QED) is 0.536. The molecule has 0 heterocycles. The van der Waals surface area contributed by atoms with Crippen LogP contribution in [-0.2, 0) is 6.54 Å². The third-order valence-electron chi connectivity index (χ3n) is 4.07. The Kier molecular flexibility index (Phi) is 9.30. The van der Waals surface area contributed by atoms with Crippen LogP contribution < -0.4 is 10.6 Å². The molecule has 24 heavy (non-hydrogen) atoms. The molecule has 1 aromatic rings. The Labute approximate surface area is 144 Å². The zero-order chi connectivity index (χ0) is 17.9. The molecule has 0 radical (unpaired) electrons. The average molecular weight is 340 g/mol. The van der Waals surface area contributed by atoms with Gasteiger partial charge in [-0.25, -0.2) is 8.78 Å². The maximum Gasteiger partial charge on any atom is 0.191 e. The van der Waals surface area contributed by atoms with Crippen molar-refractivity contribution in [3.8, 4) is 0 Å². The van der Waals surface area contributed by atoms with Crippen molar-refractivity contribution in [1.29, 1.82) is 0 Å². The number of halogens is 2. The van der Waals surface area contributed by atoms with E-state index in [-0.39, 0.29) is 18.2 Å². The molecule has 0 aromatic heterocycles. The van der Waals surface area contributed by atoms with E-state index in [1.807, 2.05) is 0 Å². The zero-order valence-corrected chi connectivity index (χ0v) is 15.2. The van der Waals surface area contributed by atoms with Crippen LogP contribution in [0.25, 0.3) is 0 Å². The highest BCUT2D eigenvalue weighted by Gasteiger charge is 2.08. The van der Waals surface area contributed by atoms with Crippen molar-refractivity contribution in [1.82, 2.24) is 15.5 Å². The lowest BCUT2D eigenvalue weighted by molar-refractivity contribution is 0.292. The van der Waals surface area contributed by atoms with Crippen molar-refractivity contribution in [2.45, 2.75) is 46.2 Å². The fourth-order valence-electron chi connectivity index (χ4n) is 2.52. The van der Waals surface area contributed by atoms with Crippen LogP contribution in [0, 0.1) is 11.6 Å². The monoisotopic (exact) mass is 340 g/mol. The Balaban J connectivity index is 2.40. The molecule has 0 saturated carbocycles. The molecule has 0 aliphatic rings. The van der Waals surface area contributed by atoms with Crippen LogP contribution in [0.4, 0.5) is 8.78 Å². The summed E-state index contributed by atoms with van der Waals surface area (Å²) in [5, 5.41) is 6.31. The van der Waals surface area contributed by atoms with E-state index in [1.165, 1.54) is 6.07 Å². The van der Waals surface area contributed by atoms with Gasteiger partial charge in [0.2, 0.25) is 0 Å². The van der Waals surface area contributed by atoms with Crippen LogP contribution in [0.5, 0.6) is 0 Å². The van der Waals surface area contributed by atoms with E-state index in [0.717, 1.165) is 44.6 Å². The van der Waals surface area contributed by atoms with Gasteiger partial charge < -0.3 is 15.5 Å². The highest BCUT2D eigenvalue weighted by Crippen LogP contribution is 2.09. The van der Waals surface area contributed by atoms with Crippen molar-refractivity contribution in [3.05, 3.63) is 35.4 Å². The summed E-state index contributed by atoms with van der Waals surface area (Å²) in [6.07, 6.45) is 2.12. The number of nitrogens with zero attached hydrogens (tertiary/aromatic N) is 2.